The van der Waals surface area contributed by atoms with Gasteiger partial charge in [0.05, 0.1) is 10.0 Å². The maximum atomic E-state index is 12.0. The first kappa shape index (κ1) is 12.5. The minimum Gasteiger partial charge on any atom is -0.325 e. The van der Waals surface area contributed by atoms with Gasteiger partial charge in [0.15, 0.2) is 0 Å². The molecule has 0 saturated heterocycles. The lowest BCUT2D eigenvalue weighted by molar-refractivity contribution is 0.103. The molecule has 1 aromatic heterocycles. The van der Waals surface area contributed by atoms with E-state index in [2.05, 4.69) is 4.98 Å². The van der Waals surface area contributed by atoms with Gasteiger partial charge in [-0.25, -0.2) is 4.98 Å². The fourth-order valence-electron chi connectivity index (χ4n) is 1.29. The van der Waals surface area contributed by atoms with Crippen LogP contribution in [-0.2, 0) is 6.54 Å². The minimum absolute atomic E-state index is 0.181. The summed E-state index contributed by atoms with van der Waals surface area (Å²) in [5.41, 5.74) is 6.29. The molecule has 88 valence electrons. The Labute approximate surface area is 112 Å². The van der Waals surface area contributed by atoms with E-state index in [-0.39, 0.29) is 5.78 Å². The summed E-state index contributed by atoms with van der Waals surface area (Å²) in [7, 11) is 0. The standard InChI is InChI=1S/C11H8Cl2N2OS/c12-7-2-1-6(3-8(7)13)11(16)9-5-17-10(4-14)15-9/h1-3,5H,4,14H2. The van der Waals surface area contributed by atoms with Crippen molar-refractivity contribution in [2.24, 2.45) is 5.73 Å². The molecule has 0 saturated carbocycles. The van der Waals surface area contributed by atoms with Crippen LogP contribution in [0.1, 0.15) is 21.1 Å². The van der Waals surface area contributed by atoms with Crippen molar-refractivity contribution in [3.8, 4) is 0 Å². The fraction of sp³-hybridized carbons (Fsp3) is 0.0909. The van der Waals surface area contributed by atoms with E-state index in [1.165, 1.54) is 17.4 Å². The van der Waals surface area contributed by atoms with Crippen LogP contribution < -0.4 is 5.73 Å². The zero-order valence-corrected chi connectivity index (χ0v) is 10.9. The second-order valence-corrected chi connectivity index (χ2v) is 5.05. The Kier molecular flexibility index (Phi) is 3.79. The van der Waals surface area contributed by atoms with Crippen LogP contribution in [0.3, 0.4) is 0 Å². The Morgan fingerprint density at radius 1 is 1.35 bits per heavy atom. The number of nitrogens with zero attached hydrogens (tertiary/aromatic N) is 1. The number of ketones is 1. The van der Waals surface area contributed by atoms with E-state index in [0.717, 1.165) is 5.01 Å². The molecule has 0 radical (unpaired) electrons. The number of benzene rings is 1. The molecule has 6 heteroatoms. The molecule has 0 fully saturated rings. The summed E-state index contributed by atoms with van der Waals surface area (Å²) in [5, 5.41) is 3.19. The molecule has 0 aliphatic rings. The molecule has 1 aromatic carbocycles. The topological polar surface area (TPSA) is 56.0 Å². The molecular weight excluding hydrogens is 279 g/mol. The van der Waals surface area contributed by atoms with Crippen molar-refractivity contribution in [1.82, 2.24) is 4.98 Å². The predicted octanol–water partition coefficient (Wildman–Crippen LogP) is 3.14. The van der Waals surface area contributed by atoms with Gasteiger partial charge in [-0.05, 0) is 18.2 Å². The first-order chi connectivity index (χ1) is 8.11. The highest BCUT2D eigenvalue weighted by Crippen LogP contribution is 2.24. The first-order valence-corrected chi connectivity index (χ1v) is 6.39. The highest BCUT2D eigenvalue weighted by atomic mass is 35.5. The van der Waals surface area contributed by atoms with Crippen molar-refractivity contribution < 1.29 is 4.79 Å². The van der Waals surface area contributed by atoms with Crippen LogP contribution in [-0.4, -0.2) is 10.8 Å². The molecule has 0 unspecified atom stereocenters. The molecule has 2 aromatic rings. The number of aromatic nitrogens is 1. The first-order valence-electron chi connectivity index (χ1n) is 4.76. The monoisotopic (exact) mass is 286 g/mol. The summed E-state index contributed by atoms with van der Waals surface area (Å²) in [6, 6.07) is 4.75. The van der Waals surface area contributed by atoms with Gasteiger partial charge in [-0.2, -0.15) is 0 Å². The van der Waals surface area contributed by atoms with Gasteiger partial charge >= 0.3 is 0 Å². The van der Waals surface area contributed by atoms with Gasteiger partial charge in [0.2, 0.25) is 5.78 Å². The van der Waals surface area contributed by atoms with Crippen molar-refractivity contribution in [2.45, 2.75) is 6.54 Å². The maximum absolute atomic E-state index is 12.0. The molecule has 0 spiro atoms. The lowest BCUT2D eigenvalue weighted by Gasteiger charge is -2.00. The van der Waals surface area contributed by atoms with Crippen LogP contribution in [0, 0.1) is 0 Å². The lowest BCUT2D eigenvalue weighted by Crippen LogP contribution is -2.03. The number of hydrogen-bond donors (Lipinski definition) is 1. The van der Waals surface area contributed by atoms with Gasteiger partial charge in [0, 0.05) is 17.5 Å². The van der Waals surface area contributed by atoms with E-state index in [1.807, 2.05) is 0 Å². The zero-order valence-electron chi connectivity index (χ0n) is 8.61. The van der Waals surface area contributed by atoms with Crippen LogP contribution in [0.25, 0.3) is 0 Å². The Hall–Kier alpha value is -0.940. The van der Waals surface area contributed by atoms with Gasteiger partial charge in [-0.15, -0.1) is 11.3 Å². The summed E-state index contributed by atoms with van der Waals surface area (Å²) in [5.74, 6) is -0.181. The van der Waals surface area contributed by atoms with Crippen molar-refractivity contribution in [2.75, 3.05) is 0 Å². The quantitative estimate of drug-likeness (QED) is 0.882. The highest BCUT2D eigenvalue weighted by Gasteiger charge is 2.13. The van der Waals surface area contributed by atoms with E-state index in [9.17, 15) is 4.79 Å². The Balaban J connectivity index is 2.33. The fourth-order valence-corrected chi connectivity index (χ4v) is 2.25. The second-order valence-electron chi connectivity index (χ2n) is 3.29. The third-order valence-corrected chi connectivity index (χ3v) is 3.75. The lowest BCUT2D eigenvalue weighted by atomic mass is 10.1. The zero-order chi connectivity index (χ0) is 12.4. The van der Waals surface area contributed by atoms with Crippen molar-refractivity contribution in [3.63, 3.8) is 0 Å². The number of carbonyl (C=O) groups excluding carboxylic acids is 1. The Bertz CT molecular complexity index is 568. The van der Waals surface area contributed by atoms with E-state index < -0.39 is 0 Å². The van der Waals surface area contributed by atoms with E-state index in [0.29, 0.717) is 27.8 Å². The number of halogens is 2. The summed E-state index contributed by atoms with van der Waals surface area (Å²) in [6.45, 7) is 0.333. The molecule has 3 nitrogen and oxygen atoms in total. The van der Waals surface area contributed by atoms with Gasteiger partial charge in [-0.1, -0.05) is 23.2 Å². The molecule has 2 N–H and O–H groups in total. The van der Waals surface area contributed by atoms with Gasteiger partial charge in [-0.3, -0.25) is 4.79 Å². The summed E-state index contributed by atoms with van der Waals surface area (Å²) < 4.78 is 0. The average Bonchev–Trinajstić information content (AvgIpc) is 2.80. The SMILES string of the molecule is NCc1nc(C(=O)c2ccc(Cl)c(Cl)c2)cs1. The minimum atomic E-state index is -0.181. The molecule has 1 heterocycles. The summed E-state index contributed by atoms with van der Waals surface area (Å²) in [4.78, 5) is 16.2. The van der Waals surface area contributed by atoms with E-state index in [1.54, 1.807) is 17.5 Å². The maximum Gasteiger partial charge on any atom is 0.212 e. The van der Waals surface area contributed by atoms with E-state index >= 15 is 0 Å². The predicted molar refractivity (Wildman–Crippen MR) is 69.9 cm³/mol. The molecule has 17 heavy (non-hydrogen) atoms. The summed E-state index contributed by atoms with van der Waals surface area (Å²) in [6.07, 6.45) is 0. The van der Waals surface area contributed by atoms with Gasteiger partial charge in [0.25, 0.3) is 0 Å². The second kappa shape index (κ2) is 5.14. The average molecular weight is 287 g/mol. The number of carbonyl (C=O) groups is 1. The largest absolute Gasteiger partial charge is 0.325 e. The number of thiazole rings is 1. The molecule has 0 amide bonds. The Morgan fingerprint density at radius 3 is 2.71 bits per heavy atom. The van der Waals surface area contributed by atoms with Crippen molar-refractivity contribution in [1.29, 1.82) is 0 Å². The molecule has 0 aliphatic carbocycles. The van der Waals surface area contributed by atoms with Crippen molar-refractivity contribution in [3.05, 3.63) is 49.9 Å². The van der Waals surface area contributed by atoms with E-state index in [4.69, 9.17) is 28.9 Å². The molecule has 2 rings (SSSR count). The smallest absolute Gasteiger partial charge is 0.212 e. The number of nitrogens with two attached hydrogens (primary N) is 1. The highest BCUT2D eigenvalue weighted by molar-refractivity contribution is 7.09. The van der Waals surface area contributed by atoms with Crippen LogP contribution in [0.15, 0.2) is 23.6 Å². The summed E-state index contributed by atoms with van der Waals surface area (Å²) >= 11 is 13.0. The molecule has 0 aliphatic heterocycles. The molecule has 0 bridgehead atoms. The molecule has 0 atom stereocenters. The van der Waals surface area contributed by atoms with Gasteiger partial charge in [0.1, 0.15) is 10.7 Å². The van der Waals surface area contributed by atoms with Crippen LogP contribution in [0.4, 0.5) is 0 Å². The number of rotatable bonds is 3. The third-order valence-electron chi connectivity index (χ3n) is 2.14. The Morgan fingerprint density at radius 2 is 2.12 bits per heavy atom. The van der Waals surface area contributed by atoms with Gasteiger partial charge < -0.3 is 5.73 Å². The van der Waals surface area contributed by atoms with Crippen molar-refractivity contribution >= 4 is 40.3 Å². The van der Waals surface area contributed by atoms with Crippen LogP contribution in [0.2, 0.25) is 10.0 Å². The third kappa shape index (κ3) is 2.66. The van der Waals surface area contributed by atoms with Crippen LogP contribution >= 0.6 is 34.5 Å². The number of hydrogen-bond acceptors (Lipinski definition) is 4. The van der Waals surface area contributed by atoms with Crippen LogP contribution in [0.5, 0.6) is 0 Å². The normalized spacial score (nSPS) is 10.5. The molecular formula is C11H8Cl2N2OS.